The molecule has 0 rings (SSSR count). The highest BCUT2D eigenvalue weighted by Crippen LogP contribution is 2.20. The van der Waals surface area contributed by atoms with Gasteiger partial charge in [0.2, 0.25) is 0 Å². The van der Waals surface area contributed by atoms with Crippen molar-refractivity contribution < 1.29 is 0 Å². The van der Waals surface area contributed by atoms with E-state index < -0.39 is 7.38 Å². The average molecular weight is 508 g/mol. The van der Waals surface area contributed by atoms with Crippen molar-refractivity contribution in [2.75, 3.05) is 5.88 Å². The lowest BCUT2D eigenvalue weighted by Crippen LogP contribution is -2.14. The number of rotatable bonds is 27. The SMILES string of the molecule is C[Si](C)(Cl)CCCCCCCCCCCCCCCCCCCCCCCCCCCCl. The number of unbranched alkanes of at least 4 members (excludes halogenated alkanes) is 24. The Hall–Kier alpha value is 0.797. The Labute approximate surface area is 215 Å². The molecule has 0 aromatic carbocycles. The van der Waals surface area contributed by atoms with Gasteiger partial charge in [-0.1, -0.05) is 167 Å². The van der Waals surface area contributed by atoms with E-state index in [1.165, 1.54) is 167 Å². The number of hydrogen-bond acceptors (Lipinski definition) is 0. The van der Waals surface area contributed by atoms with E-state index >= 15 is 0 Å². The summed E-state index contributed by atoms with van der Waals surface area (Å²) in [6.45, 7) is 4.54. The van der Waals surface area contributed by atoms with Gasteiger partial charge in [-0.3, -0.25) is 0 Å². The predicted molar refractivity (Wildman–Crippen MR) is 154 cm³/mol. The van der Waals surface area contributed by atoms with Crippen LogP contribution < -0.4 is 0 Å². The van der Waals surface area contributed by atoms with E-state index in [9.17, 15) is 0 Å². The van der Waals surface area contributed by atoms with Crippen molar-refractivity contribution in [1.29, 1.82) is 0 Å². The fraction of sp³-hybridized carbons (Fsp3) is 1.00. The van der Waals surface area contributed by atoms with Crippen molar-refractivity contribution in [2.24, 2.45) is 0 Å². The van der Waals surface area contributed by atoms with Gasteiger partial charge in [-0.15, -0.1) is 11.6 Å². The predicted octanol–water partition coefficient (Wildman–Crippen LogP) is 12.4. The highest BCUT2D eigenvalue weighted by Gasteiger charge is 2.15. The standard InChI is InChI=1S/C29H60Cl2Si/c1-32(2,31)29-27-25-23-21-19-17-15-13-11-9-7-5-3-4-6-8-10-12-14-16-18-20-22-24-26-28-30/h3-29H2,1-2H3. The van der Waals surface area contributed by atoms with Gasteiger partial charge in [0.15, 0.2) is 0 Å². The summed E-state index contributed by atoms with van der Waals surface area (Å²) in [5.41, 5.74) is 0. The molecular weight excluding hydrogens is 447 g/mol. The van der Waals surface area contributed by atoms with Crippen LogP contribution in [0.3, 0.4) is 0 Å². The largest absolute Gasteiger partial charge is 0.168 e. The first-order valence-electron chi connectivity index (χ1n) is 14.8. The van der Waals surface area contributed by atoms with Crippen LogP contribution in [-0.2, 0) is 0 Å². The van der Waals surface area contributed by atoms with Crippen molar-refractivity contribution in [3.63, 3.8) is 0 Å². The van der Waals surface area contributed by atoms with Crippen LogP contribution >= 0.6 is 22.7 Å². The van der Waals surface area contributed by atoms with Gasteiger partial charge >= 0.3 is 0 Å². The van der Waals surface area contributed by atoms with E-state index in [1.807, 2.05) is 0 Å². The first kappa shape index (κ1) is 32.8. The Kier molecular flexibility index (Phi) is 27.1. The van der Waals surface area contributed by atoms with Crippen LogP contribution in [0.1, 0.15) is 161 Å². The Morgan fingerprint density at radius 3 is 0.719 bits per heavy atom. The summed E-state index contributed by atoms with van der Waals surface area (Å²) in [5.74, 6) is 0.844. The first-order valence-corrected chi connectivity index (χ1v) is 19.6. The van der Waals surface area contributed by atoms with Gasteiger partial charge < -0.3 is 0 Å². The molecule has 0 spiro atoms. The summed E-state index contributed by atoms with van der Waals surface area (Å²) in [5, 5.41) is 0. The van der Waals surface area contributed by atoms with Crippen LogP contribution in [0, 0.1) is 0 Å². The first-order chi connectivity index (χ1) is 15.6. The number of hydrogen-bond donors (Lipinski definition) is 0. The molecule has 0 N–H and O–H groups in total. The molecule has 0 saturated carbocycles. The summed E-state index contributed by atoms with van der Waals surface area (Å²) < 4.78 is 0. The molecule has 194 valence electrons. The van der Waals surface area contributed by atoms with E-state index in [2.05, 4.69) is 13.1 Å². The molecule has 0 aliphatic carbocycles. The second kappa shape index (κ2) is 26.4. The molecular formula is C29H60Cl2Si. The van der Waals surface area contributed by atoms with E-state index in [0.29, 0.717) is 0 Å². The molecule has 0 unspecified atom stereocenters. The minimum atomic E-state index is -1.31. The van der Waals surface area contributed by atoms with Crippen molar-refractivity contribution >= 4 is 30.1 Å². The maximum atomic E-state index is 6.38. The lowest BCUT2D eigenvalue weighted by atomic mass is 10.0. The highest BCUT2D eigenvalue weighted by molar-refractivity contribution is 7.19. The van der Waals surface area contributed by atoms with Crippen LogP contribution in [-0.4, -0.2) is 13.3 Å². The van der Waals surface area contributed by atoms with Crippen molar-refractivity contribution in [1.82, 2.24) is 0 Å². The molecule has 32 heavy (non-hydrogen) atoms. The lowest BCUT2D eigenvalue weighted by molar-refractivity contribution is 0.517. The van der Waals surface area contributed by atoms with Crippen molar-refractivity contribution in [3.8, 4) is 0 Å². The molecule has 0 nitrogen and oxygen atoms in total. The van der Waals surface area contributed by atoms with E-state index in [1.54, 1.807) is 0 Å². The van der Waals surface area contributed by atoms with Gasteiger partial charge in [0.05, 0.1) is 0 Å². The quantitative estimate of drug-likeness (QED) is 0.0449. The number of halogens is 2. The van der Waals surface area contributed by atoms with Gasteiger partial charge in [-0.2, -0.15) is 11.1 Å². The van der Waals surface area contributed by atoms with Crippen LogP contribution in [0.2, 0.25) is 19.1 Å². The molecule has 0 fully saturated rings. The van der Waals surface area contributed by atoms with Crippen LogP contribution in [0.4, 0.5) is 0 Å². The molecule has 0 aliphatic rings. The fourth-order valence-electron chi connectivity index (χ4n) is 4.71. The summed E-state index contributed by atoms with van der Waals surface area (Å²) in [4.78, 5) is 0. The van der Waals surface area contributed by atoms with Gasteiger partial charge in [0.1, 0.15) is 7.38 Å². The van der Waals surface area contributed by atoms with Gasteiger partial charge in [-0.25, -0.2) is 0 Å². The van der Waals surface area contributed by atoms with Gasteiger partial charge in [0.25, 0.3) is 0 Å². The fourth-order valence-corrected chi connectivity index (χ4v) is 6.39. The second-order valence-corrected chi connectivity index (χ2v) is 18.4. The zero-order valence-corrected chi connectivity index (χ0v) is 24.9. The normalized spacial score (nSPS) is 12.0. The molecule has 0 heterocycles. The third kappa shape index (κ3) is 30.8. The molecule has 0 saturated heterocycles. The van der Waals surface area contributed by atoms with Crippen LogP contribution in [0.25, 0.3) is 0 Å². The van der Waals surface area contributed by atoms with E-state index in [0.717, 1.165) is 5.88 Å². The maximum absolute atomic E-state index is 6.38. The van der Waals surface area contributed by atoms with Gasteiger partial charge in [0, 0.05) is 5.88 Å². The smallest absolute Gasteiger partial charge is 0.150 e. The molecule has 0 bridgehead atoms. The van der Waals surface area contributed by atoms with E-state index in [-0.39, 0.29) is 0 Å². The monoisotopic (exact) mass is 506 g/mol. The zero-order valence-electron chi connectivity index (χ0n) is 22.3. The molecule has 0 aromatic heterocycles. The summed E-state index contributed by atoms with van der Waals surface area (Å²) >= 11 is 12.1. The lowest BCUT2D eigenvalue weighted by Gasteiger charge is -2.11. The zero-order chi connectivity index (χ0) is 23.6. The Balaban J connectivity index is 3.02. The van der Waals surface area contributed by atoms with Crippen LogP contribution in [0.15, 0.2) is 0 Å². The number of alkyl halides is 1. The third-order valence-electron chi connectivity index (χ3n) is 6.90. The molecule has 0 atom stereocenters. The van der Waals surface area contributed by atoms with E-state index in [4.69, 9.17) is 22.7 Å². The molecule has 0 aromatic rings. The minimum Gasteiger partial charge on any atom is -0.168 e. The van der Waals surface area contributed by atoms with Crippen LogP contribution in [0.5, 0.6) is 0 Å². The molecule has 0 radical (unpaired) electrons. The molecule has 0 amide bonds. The highest BCUT2D eigenvalue weighted by atomic mass is 35.6. The third-order valence-corrected chi connectivity index (χ3v) is 9.28. The topological polar surface area (TPSA) is 0 Å². The summed E-state index contributed by atoms with van der Waals surface area (Å²) in [7, 11) is -1.31. The van der Waals surface area contributed by atoms with Gasteiger partial charge in [-0.05, 0) is 12.5 Å². The van der Waals surface area contributed by atoms with Crippen molar-refractivity contribution in [3.05, 3.63) is 0 Å². The summed E-state index contributed by atoms with van der Waals surface area (Å²) in [6.07, 6.45) is 36.0. The molecule has 0 aliphatic heterocycles. The Morgan fingerprint density at radius 2 is 0.531 bits per heavy atom. The molecule has 3 heteroatoms. The maximum Gasteiger partial charge on any atom is 0.150 e. The average Bonchev–Trinajstić information content (AvgIpc) is 2.75. The van der Waals surface area contributed by atoms with Crippen molar-refractivity contribution in [2.45, 2.75) is 180 Å². The Morgan fingerprint density at radius 1 is 0.344 bits per heavy atom. The summed E-state index contributed by atoms with van der Waals surface area (Å²) in [6, 6.07) is 1.30. The second-order valence-electron chi connectivity index (χ2n) is 11.0. The Bertz CT molecular complexity index is 341. The minimum absolute atomic E-state index is 0.844.